The van der Waals surface area contributed by atoms with Crippen LogP contribution in [-0.2, 0) is 6.54 Å². The van der Waals surface area contributed by atoms with E-state index in [1.165, 1.54) is 0 Å². The number of methoxy groups -OCH3 is 1. The van der Waals surface area contributed by atoms with Gasteiger partial charge in [-0.1, -0.05) is 13.0 Å². The summed E-state index contributed by atoms with van der Waals surface area (Å²) in [6, 6.07) is 7.84. The van der Waals surface area contributed by atoms with Gasteiger partial charge in [-0.15, -0.1) is 0 Å². The number of nitrogens with zero attached hydrogens (tertiary/aromatic N) is 1. The predicted octanol–water partition coefficient (Wildman–Crippen LogP) is 2.85. The van der Waals surface area contributed by atoms with Gasteiger partial charge in [-0.25, -0.2) is 0 Å². The van der Waals surface area contributed by atoms with Crippen LogP contribution >= 0.6 is 0 Å². The number of ether oxygens (including phenoxy) is 1. The van der Waals surface area contributed by atoms with Crippen LogP contribution in [0.1, 0.15) is 38.3 Å². The molecule has 1 rings (SSSR count). The van der Waals surface area contributed by atoms with E-state index in [4.69, 9.17) is 10.00 Å². The molecule has 0 unspecified atom stereocenters. The summed E-state index contributed by atoms with van der Waals surface area (Å²) in [5.41, 5.74) is 1.80. The molecule has 0 aliphatic carbocycles. The Balaban J connectivity index is 2.77. The molecular formula is C14H20N2O. The summed E-state index contributed by atoms with van der Waals surface area (Å²) in [5.74, 6) is 0.631. The van der Waals surface area contributed by atoms with E-state index in [1.807, 2.05) is 18.2 Å². The second-order valence-corrected chi connectivity index (χ2v) is 4.74. The molecule has 1 N–H and O–H groups in total. The van der Waals surface area contributed by atoms with E-state index in [9.17, 15) is 0 Å². The molecular weight excluding hydrogens is 212 g/mol. The number of benzene rings is 1. The zero-order valence-electron chi connectivity index (χ0n) is 11.0. The fraction of sp³-hybridized carbons (Fsp3) is 0.500. The molecule has 0 aliphatic rings. The summed E-state index contributed by atoms with van der Waals surface area (Å²) < 4.78 is 5.11. The molecule has 0 bridgehead atoms. The lowest BCUT2D eigenvalue weighted by Gasteiger charge is -2.24. The molecule has 3 nitrogen and oxygen atoms in total. The normalized spacial score (nSPS) is 11.0. The highest BCUT2D eigenvalue weighted by Crippen LogP contribution is 2.19. The average molecular weight is 232 g/mol. The number of nitriles is 1. The Morgan fingerprint density at radius 2 is 2.12 bits per heavy atom. The molecule has 0 spiro atoms. The summed E-state index contributed by atoms with van der Waals surface area (Å²) in [6.07, 6.45) is 1.06. The minimum absolute atomic E-state index is 0.118. The van der Waals surface area contributed by atoms with Gasteiger partial charge in [-0.05, 0) is 38.0 Å². The molecule has 0 aliphatic heterocycles. The van der Waals surface area contributed by atoms with E-state index in [0.717, 1.165) is 18.5 Å². The highest BCUT2D eigenvalue weighted by Gasteiger charge is 2.13. The van der Waals surface area contributed by atoms with Gasteiger partial charge in [0.25, 0.3) is 0 Å². The maximum Gasteiger partial charge on any atom is 0.136 e. The lowest BCUT2D eigenvalue weighted by atomic mass is 10.0. The number of hydrogen-bond acceptors (Lipinski definition) is 3. The monoisotopic (exact) mass is 232 g/mol. The molecule has 0 amide bonds. The smallest absolute Gasteiger partial charge is 0.136 e. The van der Waals surface area contributed by atoms with E-state index < -0.39 is 0 Å². The second kappa shape index (κ2) is 5.70. The Bertz CT molecular complexity index is 419. The van der Waals surface area contributed by atoms with Crippen LogP contribution in [0.25, 0.3) is 0 Å². The van der Waals surface area contributed by atoms with Crippen molar-refractivity contribution in [1.29, 1.82) is 5.26 Å². The van der Waals surface area contributed by atoms with Crippen LogP contribution in [0.4, 0.5) is 0 Å². The first kappa shape index (κ1) is 13.5. The van der Waals surface area contributed by atoms with Gasteiger partial charge in [0, 0.05) is 12.1 Å². The standard InChI is InChI=1S/C14H20N2O/c1-5-14(2,3)16-10-11-6-7-13(17-4)12(8-11)9-15/h6-8,16H,5,10H2,1-4H3. The lowest BCUT2D eigenvalue weighted by molar-refractivity contribution is 0.374. The van der Waals surface area contributed by atoms with Crippen LogP contribution in [0.3, 0.4) is 0 Å². The fourth-order valence-corrected chi connectivity index (χ4v) is 1.42. The molecule has 92 valence electrons. The van der Waals surface area contributed by atoms with E-state index in [1.54, 1.807) is 7.11 Å². The van der Waals surface area contributed by atoms with Gasteiger partial charge >= 0.3 is 0 Å². The average Bonchev–Trinajstić information content (AvgIpc) is 2.36. The first-order chi connectivity index (χ1) is 8.02. The van der Waals surface area contributed by atoms with E-state index >= 15 is 0 Å². The van der Waals surface area contributed by atoms with Crippen molar-refractivity contribution in [3.05, 3.63) is 29.3 Å². The molecule has 1 aromatic rings. The molecule has 3 heteroatoms. The van der Waals surface area contributed by atoms with E-state index in [0.29, 0.717) is 11.3 Å². The first-order valence-corrected chi connectivity index (χ1v) is 5.84. The molecule has 1 aromatic carbocycles. The van der Waals surface area contributed by atoms with Crippen molar-refractivity contribution in [1.82, 2.24) is 5.32 Å². The Hall–Kier alpha value is -1.53. The predicted molar refractivity (Wildman–Crippen MR) is 68.9 cm³/mol. The van der Waals surface area contributed by atoms with Crippen molar-refractivity contribution in [3.63, 3.8) is 0 Å². The molecule has 0 saturated carbocycles. The van der Waals surface area contributed by atoms with Crippen molar-refractivity contribution in [2.45, 2.75) is 39.3 Å². The highest BCUT2D eigenvalue weighted by atomic mass is 16.5. The largest absolute Gasteiger partial charge is 0.495 e. The summed E-state index contributed by atoms with van der Waals surface area (Å²) >= 11 is 0. The van der Waals surface area contributed by atoms with Gasteiger partial charge in [0.1, 0.15) is 11.8 Å². The minimum Gasteiger partial charge on any atom is -0.495 e. The zero-order valence-corrected chi connectivity index (χ0v) is 11.0. The van der Waals surface area contributed by atoms with Crippen LogP contribution in [0.15, 0.2) is 18.2 Å². The van der Waals surface area contributed by atoms with Gasteiger partial charge in [0.05, 0.1) is 12.7 Å². The number of rotatable bonds is 5. The Kier molecular flexibility index (Phi) is 4.53. The van der Waals surface area contributed by atoms with Gasteiger partial charge in [-0.3, -0.25) is 0 Å². The van der Waals surface area contributed by atoms with Gasteiger partial charge in [-0.2, -0.15) is 5.26 Å². The number of nitrogens with one attached hydrogen (secondary N) is 1. The summed E-state index contributed by atoms with van der Waals surface area (Å²) in [7, 11) is 1.58. The van der Waals surface area contributed by atoms with Crippen molar-refractivity contribution in [3.8, 4) is 11.8 Å². The van der Waals surface area contributed by atoms with Crippen LogP contribution in [-0.4, -0.2) is 12.6 Å². The molecule has 0 saturated heterocycles. The van der Waals surface area contributed by atoms with Crippen LogP contribution in [0, 0.1) is 11.3 Å². The molecule has 0 fully saturated rings. The van der Waals surface area contributed by atoms with Crippen molar-refractivity contribution in [2.75, 3.05) is 7.11 Å². The van der Waals surface area contributed by atoms with Gasteiger partial charge in [0.15, 0.2) is 0 Å². The molecule has 0 heterocycles. The second-order valence-electron chi connectivity index (χ2n) is 4.74. The summed E-state index contributed by atoms with van der Waals surface area (Å²) in [4.78, 5) is 0. The highest BCUT2D eigenvalue weighted by molar-refractivity contribution is 5.45. The Morgan fingerprint density at radius 3 is 2.65 bits per heavy atom. The van der Waals surface area contributed by atoms with E-state index in [-0.39, 0.29) is 5.54 Å². The number of hydrogen-bond donors (Lipinski definition) is 1. The SMILES string of the molecule is CCC(C)(C)NCc1ccc(OC)c(C#N)c1. The van der Waals surface area contributed by atoms with Crippen LogP contribution in [0.2, 0.25) is 0 Å². The summed E-state index contributed by atoms with van der Waals surface area (Å²) in [5, 5.41) is 12.5. The minimum atomic E-state index is 0.118. The van der Waals surface area contributed by atoms with E-state index in [2.05, 4.69) is 32.2 Å². The maximum atomic E-state index is 9.00. The third-order valence-corrected chi connectivity index (χ3v) is 3.04. The Labute approximate surface area is 103 Å². The molecule has 0 radical (unpaired) electrons. The zero-order chi connectivity index (χ0) is 12.9. The molecule has 0 aromatic heterocycles. The van der Waals surface area contributed by atoms with Crippen LogP contribution < -0.4 is 10.1 Å². The van der Waals surface area contributed by atoms with Crippen molar-refractivity contribution >= 4 is 0 Å². The van der Waals surface area contributed by atoms with Crippen LogP contribution in [0.5, 0.6) is 5.75 Å². The first-order valence-electron chi connectivity index (χ1n) is 5.84. The Morgan fingerprint density at radius 1 is 1.41 bits per heavy atom. The lowest BCUT2D eigenvalue weighted by Crippen LogP contribution is -2.37. The van der Waals surface area contributed by atoms with Gasteiger partial charge < -0.3 is 10.1 Å². The topological polar surface area (TPSA) is 45.0 Å². The third kappa shape index (κ3) is 3.76. The summed E-state index contributed by atoms with van der Waals surface area (Å²) in [6.45, 7) is 7.25. The fourth-order valence-electron chi connectivity index (χ4n) is 1.42. The van der Waals surface area contributed by atoms with Crippen molar-refractivity contribution < 1.29 is 4.74 Å². The van der Waals surface area contributed by atoms with Gasteiger partial charge in [0.2, 0.25) is 0 Å². The molecule has 17 heavy (non-hydrogen) atoms. The van der Waals surface area contributed by atoms with Crippen molar-refractivity contribution in [2.24, 2.45) is 0 Å². The third-order valence-electron chi connectivity index (χ3n) is 3.04. The molecule has 0 atom stereocenters. The quantitative estimate of drug-likeness (QED) is 0.849. The maximum absolute atomic E-state index is 9.00.